The lowest BCUT2D eigenvalue weighted by atomic mass is 9.95. The molecule has 0 atom stereocenters. The minimum atomic E-state index is -0.265. The Hall–Kier alpha value is -2.94. The van der Waals surface area contributed by atoms with Crippen LogP contribution < -0.4 is 5.56 Å². The lowest BCUT2D eigenvalue weighted by molar-refractivity contribution is -0.131. The summed E-state index contributed by atoms with van der Waals surface area (Å²) < 4.78 is 6.63. The van der Waals surface area contributed by atoms with Gasteiger partial charge in [-0.3, -0.25) is 14.4 Å². The number of carbonyl (C=O) groups is 2. The summed E-state index contributed by atoms with van der Waals surface area (Å²) in [6.07, 6.45) is 3.28. The molecular formula is C22H29N5O4. The van der Waals surface area contributed by atoms with Gasteiger partial charge >= 0.3 is 0 Å². The number of hydrogen-bond donors (Lipinski definition) is 0. The van der Waals surface area contributed by atoms with Crippen molar-refractivity contribution in [2.75, 3.05) is 39.8 Å². The third-order valence-corrected chi connectivity index (χ3v) is 6.14. The van der Waals surface area contributed by atoms with Crippen LogP contribution in [0.1, 0.15) is 39.4 Å². The van der Waals surface area contributed by atoms with Crippen LogP contribution in [0.25, 0.3) is 0 Å². The summed E-state index contributed by atoms with van der Waals surface area (Å²) in [5.41, 5.74) is 2.38. The fourth-order valence-corrected chi connectivity index (χ4v) is 4.39. The molecule has 4 rings (SSSR count). The van der Waals surface area contributed by atoms with Gasteiger partial charge in [-0.25, -0.2) is 0 Å². The summed E-state index contributed by atoms with van der Waals surface area (Å²) in [5, 5.41) is 3.83. The van der Waals surface area contributed by atoms with E-state index in [1.54, 1.807) is 29.1 Å². The van der Waals surface area contributed by atoms with Crippen LogP contribution >= 0.6 is 0 Å². The number of likely N-dealkylation sites (N-methyl/N-ethyl adjacent to an activating group) is 1. The van der Waals surface area contributed by atoms with Gasteiger partial charge in [-0.15, -0.1) is 0 Å². The third-order valence-electron chi connectivity index (χ3n) is 6.14. The number of amides is 2. The molecule has 0 bridgehead atoms. The second-order valence-electron chi connectivity index (χ2n) is 8.55. The number of aryl methyl sites for hydroxylation is 2. The first-order valence-electron chi connectivity index (χ1n) is 10.7. The molecule has 0 radical (unpaired) electrons. The predicted molar refractivity (Wildman–Crippen MR) is 114 cm³/mol. The molecule has 9 nitrogen and oxygen atoms in total. The van der Waals surface area contributed by atoms with Crippen LogP contribution in [-0.4, -0.2) is 76.0 Å². The van der Waals surface area contributed by atoms with Crippen LogP contribution in [0.2, 0.25) is 0 Å². The molecule has 2 aromatic rings. The number of rotatable bonds is 3. The molecule has 2 aromatic heterocycles. The van der Waals surface area contributed by atoms with Gasteiger partial charge < -0.3 is 23.8 Å². The fraction of sp³-hybridized carbons (Fsp3) is 0.545. The summed E-state index contributed by atoms with van der Waals surface area (Å²) >= 11 is 0. The average Bonchev–Trinajstić information content (AvgIpc) is 3.01. The molecule has 2 amide bonds. The lowest BCUT2D eigenvalue weighted by Crippen LogP contribution is -2.43. The molecule has 2 aliphatic rings. The Morgan fingerprint density at radius 3 is 2.65 bits per heavy atom. The normalized spacial score (nSPS) is 17.4. The zero-order chi connectivity index (χ0) is 22.1. The summed E-state index contributed by atoms with van der Waals surface area (Å²) in [6, 6.07) is 1.76. The first kappa shape index (κ1) is 21.3. The highest BCUT2D eigenvalue weighted by Crippen LogP contribution is 2.23. The van der Waals surface area contributed by atoms with Crippen molar-refractivity contribution in [3.63, 3.8) is 0 Å². The van der Waals surface area contributed by atoms with Crippen molar-refractivity contribution in [1.82, 2.24) is 24.4 Å². The SMILES string of the molecule is Cc1cc(CC(=O)N2CCc3c(cn(C)c(=O)c3C(=O)N3CCCN(C)CC3)C2)on1. The highest BCUT2D eigenvalue weighted by molar-refractivity contribution is 5.96. The minimum Gasteiger partial charge on any atom is -0.361 e. The summed E-state index contributed by atoms with van der Waals surface area (Å²) in [7, 11) is 3.71. The topological polar surface area (TPSA) is 91.9 Å². The van der Waals surface area contributed by atoms with Gasteiger partial charge in [-0.05, 0) is 44.5 Å². The second kappa shape index (κ2) is 8.66. The summed E-state index contributed by atoms with van der Waals surface area (Å²) in [4.78, 5) is 44.8. The quantitative estimate of drug-likeness (QED) is 0.712. The van der Waals surface area contributed by atoms with E-state index in [2.05, 4.69) is 10.1 Å². The minimum absolute atomic E-state index is 0.0564. The van der Waals surface area contributed by atoms with Crippen molar-refractivity contribution in [3.05, 3.63) is 50.8 Å². The van der Waals surface area contributed by atoms with Gasteiger partial charge in [0, 0.05) is 52.0 Å². The standard InChI is InChI=1S/C22H29N5O4/c1-15-11-17(31-23-15)12-19(28)27-8-5-18-16(14-27)13-25(3)21(29)20(18)22(30)26-7-4-6-24(2)9-10-26/h11,13H,4-10,12,14H2,1-3H3. The van der Waals surface area contributed by atoms with Crippen LogP contribution in [0, 0.1) is 6.92 Å². The fourth-order valence-electron chi connectivity index (χ4n) is 4.39. The van der Waals surface area contributed by atoms with Gasteiger partial charge in [0.15, 0.2) is 0 Å². The van der Waals surface area contributed by atoms with Crippen molar-refractivity contribution < 1.29 is 14.1 Å². The molecule has 0 saturated carbocycles. The van der Waals surface area contributed by atoms with Crippen LogP contribution in [0.4, 0.5) is 0 Å². The Labute approximate surface area is 181 Å². The molecule has 2 aliphatic heterocycles. The third kappa shape index (κ3) is 4.41. The van der Waals surface area contributed by atoms with Crippen LogP contribution in [0.15, 0.2) is 21.6 Å². The Kier molecular flexibility index (Phi) is 5.95. The molecule has 31 heavy (non-hydrogen) atoms. The van der Waals surface area contributed by atoms with E-state index in [0.717, 1.165) is 36.3 Å². The number of fused-ring (bicyclic) bond motifs is 1. The molecule has 1 saturated heterocycles. The number of pyridine rings is 1. The molecule has 0 spiro atoms. The van der Waals surface area contributed by atoms with E-state index in [0.29, 0.717) is 38.4 Å². The Bertz CT molecular complexity index is 1060. The van der Waals surface area contributed by atoms with Crippen LogP contribution in [-0.2, 0) is 31.2 Å². The summed E-state index contributed by atoms with van der Waals surface area (Å²) in [5.74, 6) is 0.291. The number of aromatic nitrogens is 2. The Morgan fingerprint density at radius 1 is 1.10 bits per heavy atom. The molecule has 0 aromatic carbocycles. The van der Waals surface area contributed by atoms with Crippen molar-refractivity contribution in [1.29, 1.82) is 0 Å². The first-order chi connectivity index (χ1) is 14.8. The number of carbonyl (C=O) groups excluding carboxylic acids is 2. The number of nitrogens with zero attached hydrogens (tertiary/aromatic N) is 5. The van der Waals surface area contributed by atoms with Gasteiger partial charge in [0.1, 0.15) is 11.3 Å². The van der Waals surface area contributed by atoms with E-state index < -0.39 is 0 Å². The molecule has 166 valence electrons. The molecule has 1 fully saturated rings. The Balaban J connectivity index is 1.57. The monoisotopic (exact) mass is 427 g/mol. The number of hydrogen-bond acceptors (Lipinski definition) is 6. The largest absolute Gasteiger partial charge is 0.361 e. The highest BCUT2D eigenvalue weighted by atomic mass is 16.5. The van der Waals surface area contributed by atoms with Crippen LogP contribution in [0.3, 0.4) is 0 Å². The Morgan fingerprint density at radius 2 is 1.90 bits per heavy atom. The van der Waals surface area contributed by atoms with Crippen LogP contribution in [0.5, 0.6) is 0 Å². The zero-order valence-electron chi connectivity index (χ0n) is 18.4. The molecule has 0 N–H and O–H groups in total. The lowest BCUT2D eigenvalue weighted by Gasteiger charge is -2.31. The van der Waals surface area contributed by atoms with Crippen molar-refractivity contribution in [2.24, 2.45) is 7.05 Å². The van der Waals surface area contributed by atoms with Gasteiger partial charge in [-0.2, -0.15) is 0 Å². The maximum Gasteiger partial charge on any atom is 0.263 e. The molecule has 9 heteroatoms. The molecule has 0 unspecified atom stereocenters. The van der Waals surface area contributed by atoms with Gasteiger partial charge in [0.25, 0.3) is 11.5 Å². The molecule has 0 aliphatic carbocycles. The van der Waals surface area contributed by atoms with Gasteiger partial charge in [0.2, 0.25) is 5.91 Å². The van der Waals surface area contributed by atoms with E-state index in [9.17, 15) is 14.4 Å². The maximum absolute atomic E-state index is 13.4. The van der Waals surface area contributed by atoms with Crippen molar-refractivity contribution >= 4 is 11.8 Å². The van der Waals surface area contributed by atoms with E-state index >= 15 is 0 Å². The average molecular weight is 428 g/mol. The van der Waals surface area contributed by atoms with Crippen molar-refractivity contribution in [2.45, 2.75) is 32.7 Å². The van der Waals surface area contributed by atoms with E-state index in [4.69, 9.17) is 4.52 Å². The molecular weight excluding hydrogens is 398 g/mol. The smallest absolute Gasteiger partial charge is 0.263 e. The van der Waals surface area contributed by atoms with E-state index in [-0.39, 0.29) is 29.4 Å². The van der Waals surface area contributed by atoms with E-state index in [1.165, 1.54) is 4.57 Å². The van der Waals surface area contributed by atoms with E-state index in [1.807, 2.05) is 14.0 Å². The highest BCUT2D eigenvalue weighted by Gasteiger charge is 2.30. The second-order valence-corrected chi connectivity index (χ2v) is 8.55. The molecule has 4 heterocycles. The summed E-state index contributed by atoms with van der Waals surface area (Å²) in [6.45, 7) is 5.66. The first-order valence-corrected chi connectivity index (χ1v) is 10.7. The van der Waals surface area contributed by atoms with Gasteiger partial charge in [0.05, 0.1) is 12.1 Å². The van der Waals surface area contributed by atoms with Crippen molar-refractivity contribution in [3.8, 4) is 0 Å². The maximum atomic E-state index is 13.4. The zero-order valence-corrected chi connectivity index (χ0v) is 18.4. The van der Waals surface area contributed by atoms with Gasteiger partial charge in [-0.1, -0.05) is 5.16 Å². The predicted octanol–water partition coefficient (Wildman–Crippen LogP) is 0.587.